The van der Waals surface area contributed by atoms with Crippen LogP contribution in [0.15, 0.2) is 60.0 Å². The van der Waals surface area contributed by atoms with E-state index < -0.39 is 0 Å². The van der Waals surface area contributed by atoms with Gasteiger partial charge in [-0.3, -0.25) is 5.32 Å². The first-order valence-corrected chi connectivity index (χ1v) is 10.3. The van der Waals surface area contributed by atoms with E-state index in [2.05, 4.69) is 64.1 Å². The lowest BCUT2D eigenvalue weighted by molar-refractivity contribution is 0.248. The summed E-state index contributed by atoms with van der Waals surface area (Å²) < 4.78 is 0. The van der Waals surface area contributed by atoms with Gasteiger partial charge in [-0.15, -0.1) is 11.3 Å². The van der Waals surface area contributed by atoms with E-state index in [0.717, 1.165) is 30.5 Å². The predicted molar refractivity (Wildman–Crippen MR) is 111 cm³/mol. The average molecular weight is 378 g/mol. The van der Waals surface area contributed by atoms with Crippen molar-refractivity contribution >= 4 is 22.5 Å². The van der Waals surface area contributed by atoms with Crippen LogP contribution in [0, 0.1) is 0 Å². The van der Waals surface area contributed by atoms with Crippen LogP contribution in [0.5, 0.6) is 0 Å². The molecule has 4 rings (SSSR count). The van der Waals surface area contributed by atoms with Gasteiger partial charge in [0.25, 0.3) is 0 Å². The molecule has 1 fully saturated rings. The number of hydrogen-bond acceptors (Lipinski definition) is 3. The van der Waals surface area contributed by atoms with Crippen molar-refractivity contribution in [1.82, 2.24) is 10.3 Å². The highest BCUT2D eigenvalue weighted by Crippen LogP contribution is 2.26. The number of anilines is 1. The standard InChI is InChI=1S/C22H23N3OS/c26-21(23-19-8-4-5-9-19)25-22-24-20(15-27-22)18-12-10-17(11-13-18)14-16-6-2-1-3-7-16/h1-3,6-7,10-13,15,19H,4-5,8-9,14H2,(H2,23,24,25,26). The van der Waals surface area contributed by atoms with Crippen molar-refractivity contribution < 1.29 is 4.79 Å². The summed E-state index contributed by atoms with van der Waals surface area (Å²) in [4.78, 5) is 16.6. The van der Waals surface area contributed by atoms with E-state index in [1.807, 2.05) is 11.4 Å². The van der Waals surface area contributed by atoms with E-state index in [1.54, 1.807) is 0 Å². The van der Waals surface area contributed by atoms with E-state index >= 15 is 0 Å². The quantitative estimate of drug-likeness (QED) is 0.620. The molecule has 1 aromatic heterocycles. The summed E-state index contributed by atoms with van der Waals surface area (Å²) in [5.74, 6) is 0. The number of urea groups is 1. The topological polar surface area (TPSA) is 54.0 Å². The molecule has 1 aliphatic carbocycles. The van der Waals surface area contributed by atoms with Crippen LogP contribution < -0.4 is 10.6 Å². The van der Waals surface area contributed by atoms with E-state index in [9.17, 15) is 4.79 Å². The fourth-order valence-corrected chi connectivity index (χ4v) is 4.19. The summed E-state index contributed by atoms with van der Waals surface area (Å²) in [5.41, 5.74) is 4.53. The predicted octanol–water partition coefficient (Wildman–Crippen LogP) is 5.47. The van der Waals surface area contributed by atoms with Crippen molar-refractivity contribution in [3.63, 3.8) is 0 Å². The number of aromatic nitrogens is 1. The molecule has 0 radical (unpaired) electrons. The van der Waals surface area contributed by atoms with E-state index in [-0.39, 0.29) is 6.03 Å². The largest absolute Gasteiger partial charge is 0.335 e. The highest BCUT2D eigenvalue weighted by atomic mass is 32.1. The van der Waals surface area contributed by atoms with Gasteiger partial charge < -0.3 is 5.32 Å². The van der Waals surface area contributed by atoms with Gasteiger partial charge in [0, 0.05) is 17.0 Å². The van der Waals surface area contributed by atoms with Gasteiger partial charge in [-0.1, -0.05) is 67.4 Å². The van der Waals surface area contributed by atoms with Crippen LogP contribution in [0.1, 0.15) is 36.8 Å². The molecule has 5 heteroatoms. The molecule has 4 nitrogen and oxygen atoms in total. The van der Waals surface area contributed by atoms with Gasteiger partial charge in [0.05, 0.1) is 5.69 Å². The minimum atomic E-state index is -0.152. The van der Waals surface area contributed by atoms with Crippen molar-refractivity contribution in [2.45, 2.75) is 38.1 Å². The lowest BCUT2D eigenvalue weighted by Gasteiger charge is -2.11. The van der Waals surface area contributed by atoms with Gasteiger partial charge >= 0.3 is 6.03 Å². The molecule has 1 aliphatic rings. The fraction of sp³-hybridized carbons (Fsp3) is 0.273. The summed E-state index contributed by atoms with van der Waals surface area (Å²) in [6.07, 6.45) is 5.48. The van der Waals surface area contributed by atoms with Gasteiger partial charge in [0.15, 0.2) is 5.13 Å². The van der Waals surface area contributed by atoms with Crippen LogP contribution in [-0.4, -0.2) is 17.1 Å². The number of carbonyl (C=O) groups excluding carboxylic acids is 1. The highest BCUT2D eigenvalue weighted by Gasteiger charge is 2.17. The molecular formula is C22H23N3OS. The number of rotatable bonds is 5. The Morgan fingerprint density at radius 1 is 1.00 bits per heavy atom. The Labute approximate surface area is 163 Å². The number of thiazole rings is 1. The molecule has 27 heavy (non-hydrogen) atoms. The minimum absolute atomic E-state index is 0.152. The summed E-state index contributed by atoms with van der Waals surface area (Å²) in [6, 6.07) is 19.1. The number of hydrogen-bond donors (Lipinski definition) is 2. The lowest BCUT2D eigenvalue weighted by Crippen LogP contribution is -2.36. The molecule has 2 amide bonds. The maximum absolute atomic E-state index is 12.1. The van der Waals surface area contributed by atoms with E-state index in [1.165, 1.54) is 35.3 Å². The normalized spacial score (nSPS) is 14.2. The molecule has 0 saturated heterocycles. The summed E-state index contributed by atoms with van der Waals surface area (Å²) in [5, 5.41) is 8.50. The first-order valence-electron chi connectivity index (χ1n) is 9.42. The molecule has 3 aromatic rings. The third kappa shape index (κ3) is 4.74. The highest BCUT2D eigenvalue weighted by molar-refractivity contribution is 7.14. The molecule has 0 aliphatic heterocycles. The second-order valence-electron chi connectivity index (χ2n) is 6.98. The minimum Gasteiger partial charge on any atom is -0.335 e. The van der Waals surface area contributed by atoms with Gasteiger partial charge in [-0.25, -0.2) is 9.78 Å². The molecule has 0 bridgehead atoms. The second kappa shape index (κ2) is 8.35. The van der Waals surface area contributed by atoms with Crippen LogP contribution in [0.4, 0.5) is 9.93 Å². The molecule has 2 N–H and O–H groups in total. The third-order valence-corrected chi connectivity index (χ3v) is 5.67. The molecule has 0 spiro atoms. The van der Waals surface area contributed by atoms with Crippen LogP contribution >= 0.6 is 11.3 Å². The summed E-state index contributed by atoms with van der Waals surface area (Å²) in [6.45, 7) is 0. The van der Waals surface area contributed by atoms with Crippen LogP contribution in [0.3, 0.4) is 0 Å². The summed E-state index contributed by atoms with van der Waals surface area (Å²) >= 11 is 1.45. The smallest absolute Gasteiger partial charge is 0.321 e. The number of nitrogens with one attached hydrogen (secondary N) is 2. The zero-order valence-corrected chi connectivity index (χ0v) is 16.0. The number of benzene rings is 2. The van der Waals surface area contributed by atoms with Gasteiger partial charge in [0.1, 0.15) is 0 Å². The Morgan fingerprint density at radius 3 is 2.44 bits per heavy atom. The van der Waals surface area contributed by atoms with Crippen LogP contribution in [-0.2, 0) is 6.42 Å². The van der Waals surface area contributed by atoms with E-state index in [4.69, 9.17) is 0 Å². The Kier molecular flexibility index (Phi) is 5.49. The molecule has 138 valence electrons. The Bertz CT molecular complexity index is 883. The second-order valence-corrected chi connectivity index (χ2v) is 7.84. The molecule has 2 aromatic carbocycles. The van der Waals surface area contributed by atoms with Crippen LogP contribution in [0.2, 0.25) is 0 Å². The average Bonchev–Trinajstić information content (AvgIpc) is 3.35. The third-order valence-electron chi connectivity index (χ3n) is 4.92. The lowest BCUT2D eigenvalue weighted by atomic mass is 10.0. The molecule has 1 saturated carbocycles. The van der Waals surface area contributed by atoms with Crippen molar-refractivity contribution in [3.05, 3.63) is 71.1 Å². The van der Waals surface area contributed by atoms with Crippen molar-refractivity contribution in [2.24, 2.45) is 0 Å². The maximum Gasteiger partial charge on any atom is 0.321 e. The first-order chi connectivity index (χ1) is 13.3. The Morgan fingerprint density at radius 2 is 1.70 bits per heavy atom. The van der Waals surface area contributed by atoms with Gasteiger partial charge in [-0.05, 0) is 30.4 Å². The van der Waals surface area contributed by atoms with Crippen molar-refractivity contribution in [3.8, 4) is 11.3 Å². The van der Waals surface area contributed by atoms with E-state index in [0.29, 0.717) is 11.2 Å². The van der Waals surface area contributed by atoms with Crippen molar-refractivity contribution in [2.75, 3.05) is 5.32 Å². The maximum atomic E-state index is 12.1. The molecule has 0 unspecified atom stereocenters. The number of carbonyl (C=O) groups is 1. The number of nitrogens with zero attached hydrogens (tertiary/aromatic N) is 1. The Hall–Kier alpha value is -2.66. The van der Waals surface area contributed by atoms with Gasteiger partial charge in [-0.2, -0.15) is 0 Å². The zero-order valence-electron chi connectivity index (χ0n) is 15.2. The molecule has 1 heterocycles. The van der Waals surface area contributed by atoms with Gasteiger partial charge in [0.2, 0.25) is 0 Å². The van der Waals surface area contributed by atoms with Crippen LogP contribution in [0.25, 0.3) is 11.3 Å². The SMILES string of the molecule is O=C(Nc1nc(-c2ccc(Cc3ccccc3)cc2)cs1)NC1CCCC1. The number of amides is 2. The fourth-order valence-electron chi connectivity index (χ4n) is 3.48. The zero-order chi connectivity index (χ0) is 18.5. The first kappa shape index (κ1) is 17.7. The molecular weight excluding hydrogens is 354 g/mol. The van der Waals surface area contributed by atoms with Crippen molar-refractivity contribution in [1.29, 1.82) is 0 Å². The Balaban J connectivity index is 1.37. The monoisotopic (exact) mass is 377 g/mol. The molecule has 0 atom stereocenters. The summed E-state index contributed by atoms with van der Waals surface area (Å²) in [7, 11) is 0.